The standard InChI is InChI=1S/C14H16ClN3O2S2/c1-9-3-2-6-18(7-9)12(19)8-21-14-17-16-13(20-14)10-4-5-11(15)22-10/h4-5,9H,2-3,6-8H2,1H3/t9-/m1/s1. The van der Waals surface area contributed by atoms with Crippen molar-refractivity contribution in [1.29, 1.82) is 0 Å². The van der Waals surface area contributed by atoms with Crippen LogP contribution in [0.5, 0.6) is 0 Å². The Kier molecular flexibility index (Phi) is 5.05. The number of thiophene rings is 1. The van der Waals surface area contributed by atoms with E-state index in [0.29, 0.717) is 27.1 Å². The molecule has 5 nitrogen and oxygen atoms in total. The SMILES string of the molecule is C[C@@H]1CCCN(C(=O)CSc2nnc(-c3ccc(Cl)s3)o2)C1. The lowest BCUT2D eigenvalue weighted by Gasteiger charge is -2.30. The summed E-state index contributed by atoms with van der Waals surface area (Å²) in [6.45, 7) is 3.89. The Labute approximate surface area is 142 Å². The molecule has 0 N–H and O–H groups in total. The lowest BCUT2D eigenvalue weighted by atomic mass is 10.0. The largest absolute Gasteiger partial charge is 0.410 e. The molecule has 0 bridgehead atoms. The molecule has 0 radical (unpaired) electrons. The zero-order valence-electron chi connectivity index (χ0n) is 12.1. The van der Waals surface area contributed by atoms with E-state index in [1.54, 1.807) is 6.07 Å². The molecule has 1 amide bonds. The minimum absolute atomic E-state index is 0.135. The molecule has 22 heavy (non-hydrogen) atoms. The number of piperidine rings is 1. The zero-order valence-corrected chi connectivity index (χ0v) is 14.5. The summed E-state index contributed by atoms with van der Waals surface area (Å²) < 4.78 is 6.24. The van der Waals surface area contributed by atoms with Gasteiger partial charge in [0.2, 0.25) is 5.91 Å². The maximum absolute atomic E-state index is 12.2. The first-order valence-corrected chi connectivity index (χ1v) is 9.29. The van der Waals surface area contributed by atoms with Gasteiger partial charge < -0.3 is 9.32 Å². The molecule has 3 heterocycles. The normalized spacial score (nSPS) is 18.6. The number of carbonyl (C=O) groups excluding carboxylic acids is 1. The van der Waals surface area contributed by atoms with E-state index >= 15 is 0 Å². The number of halogens is 1. The third-order valence-corrected chi connectivity index (χ3v) is 5.54. The molecule has 1 saturated heterocycles. The van der Waals surface area contributed by atoms with Gasteiger partial charge in [-0.1, -0.05) is 30.3 Å². The highest BCUT2D eigenvalue weighted by Crippen LogP contribution is 2.31. The van der Waals surface area contributed by atoms with Crippen LogP contribution in [0, 0.1) is 5.92 Å². The van der Waals surface area contributed by atoms with E-state index in [2.05, 4.69) is 17.1 Å². The molecule has 0 aliphatic carbocycles. The Bertz CT molecular complexity index is 658. The van der Waals surface area contributed by atoms with Crippen LogP contribution in [0.1, 0.15) is 19.8 Å². The topological polar surface area (TPSA) is 59.2 Å². The van der Waals surface area contributed by atoms with Crippen LogP contribution in [-0.2, 0) is 4.79 Å². The Morgan fingerprint density at radius 3 is 3.14 bits per heavy atom. The van der Waals surface area contributed by atoms with Gasteiger partial charge in [0.15, 0.2) is 0 Å². The van der Waals surface area contributed by atoms with Crippen molar-refractivity contribution in [2.75, 3.05) is 18.8 Å². The Morgan fingerprint density at radius 1 is 1.55 bits per heavy atom. The molecular formula is C14H16ClN3O2S2. The number of hydrogen-bond donors (Lipinski definition) is 0. The van der Waals surface area contributed by atoms with Gasteiger partial charge in [-0.15, -0.1) is 21.5 Å². The molecule has 118 valence electrons. The summed E-state index contributed by atoms with van der Waals surface area (Å²) >= 11 is 8.56. The van der Waals surface area contributed by atoms with Crippen LogP contribution in [0.4, 0.5) is 0 Å². The molecular weight excluding hydrogens is 342 g/mol. The molecule has 0 aromatic carbocycles. The molecule has 2 aromatic rings. The van der Waals surface area contributed by atoms with Gasteiger partial charge in [-0.05, 0) is 30.9 Å². The van der Waals surface area contributed by atoms with Gasteiger partial charge in [0.25, 0.3) is 11.1 Å². The van der Waals surface area contributed by atoms with E-state index in [4.69, 9.17) is 16.0 Å². The summed E-state index contributed by atoms with van der Waals surface area (Å²) in [6, 6.07) is 3.63. The first-order valence-electron chi connectivity index (χ1n) is 7.11. The summed E-state index contributed by atoms with van der Waals surface area (Å²) in [4.78, 5) is 15.0. The number of thioether (sulfide) groups is 1. The lowest BCUT2D eigenvalue weighted by Crippen LogP contribution is -2.40. The number of hydrogen-bond acceptors (Lipinski definition) is 6. The quantitative estimate of drug-likeness (QED) is 0.779. The third-order valence-electron chi connectivity index (χ3n) is 3.52. The van der Waals surface area contributed by atoms with Crippen molar-refractivity contribution in [3.05, 3.63) is 16.5 Å². The maximum atomic E-state index is 12.2. The molecule has 1 aliphatic rings. The molecule has 0 unspecified atom stereocenters. The highest BCUT2D eigenvalue weighted by molar-refractivity contribution is 7.99. The van der Waals surface area contributed by atoms with E-state index in [-0.39, 0.29) is 5.91 Å². The monoisotopic (exact) mass is 357 g/mol. The van der Waals surface area contributed by atoms with E-state index in [1.165, 1.54) is 29.5 Å². The van der Waals surface area contributed by atoms with Gasteiger partial charge in [0, 0.05) is 13.1 Å². The Balaban J connectivity index is 1.55. The van der Waals surface area contributed by atoms with Crippen molar-refractivity contribution < 1.29 is 9.21 Å². The molecule has 1 atom stereocenters. The molecule has 0 spiro atoms. The number of amides is 1. The minimum atomic E-state index is 0.135. The molecule has 1 fully saturated rings. The predicted octanol–water partition coefficient (Wildman–Crippen LogP) is 3.80. The van der Waals surface area contributed by atoms with Crippen LogP contribution in [-0.4, -0.2) is 39.8 Å². The van der Waals surface area contributed by atoms with Crippen LogP contribution in [0.25, 0.3) is 10.8 Å². The number of carbonyl (C=O) groups is 1. The van der Waals surface area contributed by atoms with Crippen LogP contribution in [0.3, 0.4) is 0 Å². The third kappa shape index (κ3) is 3.83. The second-order valence-electron chi connectivity index (χ2n) is 5.35. The minimum Gasteiger partial charge on any atom is -0.410 e. The highest BCUT2D eigenvalue weighted by atomic mass is 35.5. The molecule has 8 heteroatoms. The first-order chi connectivity index (χ1) is 10.6. The number of rotatable bonds is 4. The van der Waals surface area contributed by atoms with E-state index in [0.717, 1.165) is 24.4 Å². The predicted molar refractivity (Wildman–Crippen MR) is 88.3 cm³/mol. The summed E-state index contributed by atoms with van der Waals surface area (Å²) in [5.74, 6) is 1.50. The smallest absolute Gasteiger partial charge is 0.277 e. The number of aromatic nitrogens is 2. The fourth-order valence-electron chi connectivity index (χ4n) is 2.43. The van der Waals surface area contributed by atoms with Gasteiger partial charge in [-0.25, -0.2) is 0 Å². The molecule has 1 aliphatic heterocycles. The van der Waals surface area contributed by atoms with Gasteiger partial charge in [0.05, 0.1) is 15.0 Å². The average molecular weight is 358 g/mol. The van der Waals surface area contributed by atoms with E-state index in [1.807, 2.05) is 11.0 Å². The second-order valence-corrected chi connectivity index (χ2v) is 7.99. The number of likely N-dealkylation sites (tertiary alicyclic amines) is 1. The fourth-order valence-corrected chi connectivity index (χ4v) is 4.06. The maximum Gasteiger partial charge on any atom is 0.277 e. The van der Waals surface area contributed by atoms with Gasteiger partial charge in [-0.2, -0.15) is 0 Å². The summed E-state index contributed by atoms with van der Waals surface area (Å²) in [6.07, 6.45) is 2.29. The summed E-state index contributed by atoms with van der Waals surface area (Å²) in [5.41, 5.74) is 0. The molecule has 2 aromatic heterocycles. The van der Waals surface area contributed by atoms with Crippen molar-refractivity contribution in [3.8, 4) is 10.8 Å². The van der Waals surface area contributed by atoms with Crippen molar-refractivity contribution in [2.24, 2.45) is 5.92 Å². The van der Waals surface area contributed by atoms with Gasteiger partial charge in [-0.3, -0.25) is 4.79 Å². The molecule has 3 rings (SSSR count). The van der Waals surface area contributed by atoms with Crippen LogP contribution >= 0.6 is 34.7 Å². The van der Waals surface area contributed by atoms with E-state index < -0.39 is 0 Å². The van der Waals surface area contributed by atoms with Crippen molar-refractivity contribution in [1.82, 2.24) is 15.1 Å². The lowest BCUT2D eigenvalue weighted by molar-refractivity contribution is -0.130. The van der Waals surface area contributed by atoms with Crippen LogP contribution in [0.15, 0.2) is 21.8 Å². The fraction of sp³-hybridized carbons (Fsp3) is 0.500. The van der Waals surface area contributed by atoms with E-state index in [9.17, 15) is 4.79 Å². The zero-order chi connectivity index (χ0) is 15.5. The number of nitrogens with zero attached hydrogens (tertiary/aromatic N) is 3. The highest BCUT2D eigenvalue weighted by Gasteiger charge is 2.21. The van der Waals surface area contributed by atoms with Gasteiger partial charge in [0.1, 0.15) is 0 Å². The Morgan fingerprint density at radius 2 is 2.41 bits per heavy atom. The van der Waals surface area contributed by atoms with Crippen molar-refractivity contribution >= 4 is 40.6 Å². The van der Waals surface area contributed by atoms with Crippen molar-refractivity contribution in [3.63, 3.8) is 0 Å². The van der Waals surface area contributed by atoms with Crippen LogP contribution < -0.4 is 0 Å². The average Bonchev–Trinajstić information content (AvgIpc) is 3.13. The first kappa shape index (κ1) is 15.8. The second kappa shape index (κ2) is 7.02. The Hall–Kier alpha value is -1.05. The summed E-state index contributed by atoms with van der Waals surface area (Å²) in [5, 5.41) is 8.38. The van der Waals surface area contributed by atoms with Gasteiger partial charge >= 0.3 is 0 Å². The molecule has 0 saturated carbocycles. The summed E-state index contributed by atoms with van der Waals surface area (Å²) in [7, 11) is 0. The van der Waals surface area contributed by atoms with Crippen LogP contribution in [0.2, 0.25) is 4.34 Å². The van der Waals surface area contributed by atoms with Crippen molar-refractivity contribution in [2.45, 2.75) is 25.0 Å².